The molecule has 27 N–H and O–H groups in total. The smallest absolute Gasteiger partial charge is 0.481 e. The zero-order chi connectivity index (χ0) is 65.0. The maximum atomic E-state index is 13.8. The summed E-state index contributed by atoms with van der Waals surface area (Å²) in [6.45, 7) is 3.10. The van der Waals surface area contributed by atoms with Crippen molar-refractivity contribution in [2.24, 2.45) is 50.3 Å². The molecule has 35 nitrogen and oxygen atoms in total. The van der Waals surface area contributed by atoms with E-state index in [1.54, 1.807) is 13.8 Å². The molecule has 38 heteroatoms. The van der Waals surface area contributed by atoms with E-state index in [1.165, 1.54) is 6.92 Å². The highest BCUT2D eigenvalue weighted by Crippen LogP contribution is 2.13. The number of carboxylic acids is 3. The van der Waals surface area contributed by atoms with Crippen LogP contribution in [0.25, 0.3) is 0 Å². The number of nitrogens with one attached hydrogen (secondary N) is 9. The Morgan fingerprint density at radius 2 is 0.929 bits per heavy atom. The number of aliphatic imine (C=N–C) groups is 2. The average molecular weight is 1220 g/mol. The lowest BCUT2D eigenvalue weighted by atomic mass is 10.0. The molecule has 0 saturated heterocycles. The fourth-order valence-electron chi connectivity index (χ4n) is 6.74. The van der Waals surface area contributed by atoms with Gasteiger partial charge in [-0.3, -0.25) is 62.7 Å². The van der Waals surface area contributed by atoms with E-state index in [-0.39, 0.29) is 76.0 Å². The van der Waals surface area contributed by atoms with Crippen molar-refractivity contribution in [2.75, 3.05) is 39.4 Å². The first-order chi connectivity index (χ1) is 39.0. The number of hydrogen-bond acceptors (Lipinski definition) is 19. The molecule has 0 spiro atoms. The van der Waals surface area contributed by atoms with Crippen LogP contribution >= 0.6 is 0 Å². The van der Waals surface area contributed by atoms with Crippen molar-refractivity contribution < 1.29 is 101 Å². The number of rotatable bonds is 39. The Hall–Kier alpha value is -8.23. The minimum absolute atomic E-state index is 0.00677. The number of guanidine groups is 2. The standard InChI is InChI=1S/C44H81N17O16.C2HF3O2/c1-21(2)17-28(38(72)54-22(3)42(76)77)58-36(70)27(12-13-32(66)67)57-35(69)26(10-5-6-14-45)56-39(73)29(19-62)59-40(74)30(20-63)60-41(75)33(23(4)64)61-37(71)25(11-8-16-52-44(49)50)55-31(65)18-53-34(68)24(46)9-7-15-51-43(47)48;3-2(4,5)1(6)7/h21-30,33,62-64H,5-20,45-46H2,1-4H3,(H,53,68)(H,54,72)(H,55,65)(H,56,73)(H,57,69)(H,58,70)(H,59,74)(H,60,75)(H,61,71)(H,66,67)(H,76,77)(H4,47,48,51)(H4,49,50,52);(H,6,7). The van der Waals surface area contributed by atoms with Crippen molar-refractivity contribution in [3.63, 3.8) is 0 Å². The number of aliphatic hydroxyl groups excluding tert-OH is 3. The predicted molar refractivity (Wildman–Crippen MR) is 288 cm³/mol. The molecular weight excluding hydrogens is 1140 g/mol. The van der Waals surface area contributed by atoms with Gasteiger partial charge in [-0.15, -0.1) is 0 Å². The lowest BCUT2D eigenvalue weighted by Crippen LogP contribution is -2.62. The zero-order valence-electron chi connectivity index (χ0n) is 46.7. The number of nitrogens with zero attached hydrogens (tertiary/aromatic N) is 2. The fourth-order valence-corrected chi connectivity index (χ4v) is 6.74. The number of carboxylic acid groups (broad SMARTS) is 3. The van der Waals surface area contributed by atoms with Crippen LogP contribution in [0, 0.1) is 5.92 Å². The van der Waals surface area contributed by atoms with E-state index in [0.29, 0.717) is 12.8 Å². The van der Waals surface area contributed by atoms with Gasteiger partial charge in [0.1, 0.15) is 48.3 Å². The topological polar surface area (TPSA) is 615 Å². The molecule has 0 aliphatic rings. The third kappa shape index (κ3) is 34.3. The van der Waals surface area contributed by atoms with E-state index >= 15 is 0 Å². The van der Waals surface area contributed by atoms with Crippen molar-refractivity contribution in [2.45, 2.75) is 159 Å². The van der Waals surface area contributed by atoms with Gasteiger partial charge in [0.05, 0.1) is 31.9 Å². The number of carbonyl (C=O) groups is 12. The maximum absolute atomic E-state index is 13.8. The van der Waals surface area contributed by atoms with Gasteiger partial charge in [-0.05, 0) is 84.1 Å². The molecule has 9 amide bonds. The molecule has 480 valence electrons. The number of carbonyl (C=O) groups excluding carboxylic acids is 9. The summed E-state index contributed by atoms with van der Waals surface area (Å²) in [5, 5.41) is 77.3. The van der Waals surface area contributed by atoms with Gasteiger partial charge < -0.3 is 113 Å². The van der Waals surface area contributed by atoms with Crippen LogP contribution < -0.4 is 82.3 Å². The first-order valence-corrected chi connectivity index (χ1v) is 25.9. The van der Waals surface area contributed by atoms with Crippen molar-refractivity contribution in [1.82, 2.24) is 47.9 Å². The summed E-state index contributed by atoms with van der Waals surface area (Å²) >= 11 is 0. The first-order valence-electron chi connectivity index (χ1n) is 25.9. The second-order valence-electron chi connectivity index (χ2n) is 19.0. The van der Waals surface area contributed by atoms with Crippen molar-refractivity contribution in [3.8, 4) is 0 Å². The molecule has 0 aliphatic heterocycles. The SMILES string of the molecule is CC(C)CC(NC(=O)C(CCC(=O)O)NC(=O)C(CCCCN)NC(=O)C(CO)NC(=O)C(CO)NC(=O)C(NC(=O)C(CCCN=C(N)N)NC(=O)CNC(=O)C(N)CCCN=C(N)N)C(C)O)C(=O)NC(C)C(=O)O.O=C(O)C(F)(F)F. The summed E-state index contributed by atoms with van der Waals surface area (Å²) in [5.74, 6) is -15.4. The molecule has 0 aromatic rings. The van der Waals surface area contributed by atoms with Gasteiger partial charge in [0.2, 0.25) is 53.2 Å². The highest BCUT2D eigenvalue weighted by Gasteiger charge is 2.39. The highest BCUT2D eigenvalue weighted by molar-refractivity contribution is 5.98. The third-order valence-electron chi connectivity index (χ3n) is 11.2. The van der Waals surface area contributed by atoms with Gasteiger partial charge >= 0.3 is 24.1 Å². The normalized spacial score (nSPS) is 14.5. The molecule has 0 aromatic heterocycles. The van der Waals surface area contributed by atoms with E-state index in [2.05, 4.69) is 57.8 Å². The van der Waals surface area contributed by atoms with Crippen LogP contribution in [0.2, 0.25) is 0 Å². The Bertz CT molecular complexity index is 2260. The summed E-state index contributed by atoms with van der Waals surface area (Å²) in [7, 11) is 0. The highest BCUT2D eigenvalue weighted by atomic mass is 19.4. The van der Waals surface area contributed by atoms with Crippen LogP contribution in [0.5, 0.6) is 0 Å². The molecule has 0 radical (unpaired) electrons. The molecule has 0 aliphatic carbocycles. The number of nitrogens with two attached hydrogens (primary N) is 6. The number of halogens is 3. The van der Waals surface area contributed by atoms with Gasteiger partial charge in [-0.2, -0.15) is 13.2 Å². The number of aliphatic hydroxyl groups is 3. The lowest BCUT2D eigenvalue weighted by Gasteiger charge is -2.28. The molecule has 84 heavy (non-hydrogen) atoms. The minimum Gasteiger partial charge on any atom is -0.481 e. The molecule has 0 aromatic carbocycles. The van der Waals surface area contributed by atoms with Gasteiger partial charge in [0.25, 0.3) is 0 Å². The molecule has 0 rings (SSSR count). The summed E-state index contributed by atoms with van der Waals surface area (Å²) in [4.78, 5) is 159. The maximum Gasteiger partial charge on any atom is 0.490 e. The van der Waals surface area contributed by atoms with Crippen LogP contribution in [-0.4, -0.2) is 220 Å². The van der Waals surface area contributed by atoms with Crippen LogP contribution in [0.15, 0.2) is 9.98 Å². The molecule has 0 saturated carbocycles. The number of hydrogen-bond donors (Lipinski definition) is 21. The van der Waals surface area contributed by atoms with E-state index in [4.69, 9.17) is 44.3 Å². The molecule has 0 fully saturated rings. The molecule has 0 heterocycles. The monoisotopic (exact) mass is 1220 g/mol. The third-order valence-corrected chi connectivity index (χ3v) is 11.2. The largest absolute Gasteiger partial charge is 0.490 e. The Morgan fingerprint density at radius 3 is 1.36 bits per heavy atom. The fraction of sp³-hybridized carbons (Fsp3) is 0.696. The van der Waals surface area contributed by atoms with E-state index < -0.39 is 170 Å². The van der Waals surface area contributed by atoms with Gasteiger partial charge in [-0.25, -0.2) is 4.79 Å². The van der Waals surface area contributed by atoms with Gasteiger partial charge in [0, 0.05) is 19.5 Å². The van der Waals surface area contributed by atoms with Crippen molar-refractivity contribution in [3.05, 3.63) is 0 Å². The molecule has 10 unspecified atom stereocenters. The summed E-state index contributed by atoms with van der Waals surface area (Å²) in [5.41, 5.74) is 32.8. The second-order valence-corrected chi connectivity index (χ2v) is 19.0. The van der Waals surface area contributed by atoms with E-state index in [9.17, 15) is 91.4 Å². The Morgan fingerprint density at radius 1 is 0.524 bits per heavy atom. The van der Waals surface area contributed by atoms with Crippen molar-refractivity contribution >= 4 is 83.0 Å². The zero-order valence-corrected chi connectivity index (χ0v) is 46.7. The van der Waals surface area contributed by atoms with E-state index in [1.807, 2.05) is 0 Å². The number of amides is 9. The molecular formula is C46H82F3N17O18. The lowest BCUT2D eigenvalue weighted by molar-refractivity contribution is -0.192. The second kappa shape index (κ2) is 40.9. The summed E-state index contributed by atoms with van der Waals surface area (Å²) in [6.07, 6.45) is -7.15. The van der Waals surface area contributed by atoms with E-state index in [0.717, 1.165) is 6.92 Å². The van der Waals surface area contributed by atoms with Crippen LogP contribution in [0.3, 0.4) is 0 Å². The summed E-state index contributed by atoms with van der Waals surface area (Å²) < 4.78 is 31.7. The van der Waals surface area contributed by atoms with Crippen LogP contribution in [0.1, 0.15) is 91.9 Å². The average Bonchev–Trinajstić information content (AvgIpc) is 3.47. The summed E-state index contributed by atoms with van der Waals surface area (Å²) in [6, 6.07) is -14.0. The predicted octanol–water partition coefficient (Wildman–Crippen LogP) is -8.44. The Labute approximate surface area is 479 Å². The Kier molecular flexibility index (Phi) is 37.9. The Balaban J connectivity index is 0. The minimum atomic E-state index is -5.08. The van der Waals surface area contributed by atoms with Gasteiger partial charge in [0.15, 0.2) is 11.9 Å². The first kappa shape index (κ1) is 77.8. The molecule has 0 bridgehead atoms. The van der Waals surface area contributed by atoms with Crippen molar-refractivity contribution in [1.29, 1.82) is 0 Å². The quantitative estimate of drug-likeness (QED) is 0.0154. The molecule has 10 atom stereocenters. The van der Waals surface area contributed by atoms with Crippen LogP contribution in [0.4, 0.5) is 13.2 Å². The number of unbranched alkanes of at least 4 members (excludes halogenated alkanes) is 1. The van der Waals surface area contributed by atoms with Gasteiger partial charge in [-0.1, -0.05) is 13.8 Å². The number of aliphatic carboxylic acids is 3. The van der Waals surface area contributed by atoms with Crippen LogP contribution in [-0.2, 0) is 57.5 Å². The number of alkyl halides is 3.